The van der Waals surface area contributed by atoms with Crippen LogP contribution >= 0.6 is 23.2 Å². The Morgan fingerprint density at radius 1 is 0.848 bits per heavy atom. The largest absolute Gasteiger partial charge is 0.320 e. The minimum Gasteiger partial charge on any atom is -0.320 e. The molecule has 0 aliphatic rings. The second-order valence-electron chi connectivity index (χ2n) is 8.03. The predicted molar refractivity (Wildman–Crippen MR) is 133 cm³/mol. The fraction of sp³-hybridized carbons (Fsp3) is 0.115. The van der Waals surface area contributed by atoms with Crippen LogP contribution < -0.4 is 5.56 Å². The minimum atomic E-state index is -0.163. The summed E-state index contributed by atoms with van der Waals surface area (Å²) in [5.41, 5.74) is 4.57. The van der Waals surface area contributed by atoms with Crippen LogP contribution in [0.25, 0.3) is 22.0 Å². The number of pyridine rings is 1. The molecule has 2 heterocycles. The summed E-state index contributed by atoms with van der Waals surface area (Å²) in [6.07, 6.45) is 1.69. The van der Waals surface area contributed by atoms with E-state index in [0.29, 0.717) is 10.0 Å². The summed E-state index contributed by atoms with van der Waals surface area (Å²) in [5, 5.41) is 10.8. The zero-order chi connectivity index (χ0) is 23.1. The van der Waals surface area contributed by atoms with Crippen LogP contribution in [0.1, 0.15) is 22.9 Å². The van der Waals surface area contributed by atoms with Crippen molar-refractivity contribution in [3.05, 3.63) is 116 Å². The monoisotopic (exact) mass is 474 g/mol. The average molecular weight is 475 g/mol. The van der Waals surface area contributed by atoms with Crippen molar-refractivity contribution >= 4 is 34.1 Å². The van der Waals surface area contributed by atoms with E-state index in [-0.39, 0.29) is 11.5 Å². The van der Waals surface area contributed by atoms with Gasteiger partial charge in [0.2, 0.25) is 0 Å². The summed E-state index contributed by atoms with van der Waals surface area (Å²) in [6, 6.07) is 23.1. The summed E-state index contributed by atoms with van der Waals surface area (Å²) < 4.78 is 3.58. The highest BCUT2D eigenvalue weighted by atomic mass is 35.5. The second kappa shape index (κ2) is 8.50. The van der Waals surface area contributed by atoms with E-state index >= 15 is 0 Å². The zero-order valence-electron chi connectivity index (χ0n) is 18.0. The number of fused-ring (bicyclic) bond motifs is 1. The number of hydrogen-bond acceptors (Lipinski definition) is 3. The third-order valence-corrected chi connectivity index (χ3v) is 6.43. The van der Waals surface area contributed by atoms with Gasteiger partial charge in [-0.3, -0.25) is 4.79 Å². The van der Waals surface area contributed by atoms with Gasteiger partial charge in [0, 0.05) is 35.6 Å². The lowest BCUT2D eigenvalue weighted by Crippen LogP contribution is -2.17. The maximum atomic E-state index is 12.7. The molecule has 0 spiro atoms. The van der Waals surface area contributed by atoms with Crippen LogP contribution in [0, 0.1) is 0 Å². The number of aromatic nitrogens is 4. The van der Waals surface area contributed by atoms with Crippen LogP contribution in [0.3, 0.4) is 0 Å². The van der Waals surface area contributed by atoms with E-state index in [1.807, 2.05) is 72.3 Å². The van der Waals surface area contributed by atoms with Gasteiger partial charge in [-0.1, -0.05) is 53.5 Å². The Labute approximate surface area is 200 Å². The maximum Gasteiger partial charge on any atom is 0.251 e. The van der Waals surface area contributed by atoms with Gasteiger partial charge >= 0.3 is 0 Å². The molecule has 0 amide bonds. The van der Waals surface area contributed by atoms with Crippen molar-refractivity contribution in [2.75, 3.05) is 0 Å². The molecule has 1 unspecified atom stereocenters. The lowest BCUT2D eigenvalue weighted by atomic mass is 9.88. The Balaban J connectivity index is 1.79. The Morgan fingerprint density at radius 3 is 2.30 bits per heavy atom. The maximum absolute atomic E-state index is 12.7. The van der Waals surface area contributed by atoms with Crippen LogP contribution in [0.2, 0.25) is 10.0 Å². The van der Waals surface area contributed by atoms with Gasteiger partial charge in [-0.15, -0.1) is 10.2 Å². The molecule has 0 aliphatic heterocycles. The molecule has 164 valence electrons. The van der Waals surface area contributed by atoms with Crippen LogP contribution in [0.5, 0.6) is 0 Å². The van der Waals surface area contributed by atoms with E-state index in [4.69, 9.17) is 23.2 Å². The van der Waals surface area contributed by atoms with Crippen molar-refractivity contribution in [3.63, 3.8) is 0 Å². The van der Waals surface area contributed by atoms with E-state index in [0.717, 1.165) is 39.0 Å². The summed E-state index contributed by atoms with van der Waals surface area (Å²) in [6.45, 7) is 0. The fourth-order valence-corrected chi connectivity index (χ4v) is 4.57. The number of rotatable bonds is 4. The Bertz CT molecular complexity index is 1540. The van der Waals surface area contributed by atoms with Crippen molar-refractivity contribution in [1.29, 1.82) is 0 Å². The Morgan fingerprint density at radius 2 is 1.61 bits per heavy atom. The molecule has 0 N–H and O–H groups in total. The first kappa shape index (κ1) is 21.4. The van der Waals surface area contributed by atoms with Gasteiger partial charge in [0.05, 0.1) is 11.4 Å². The topological polar surface area (TPSA) is 52.7 Å². The standard InChI is InChI=1S/C26H20Cl2N4O/c1-31-15-29-30-26(31)25(16-6-9-19(27)10-7-16)18-8-11-23-22(13-18)21(14-24(33)32(23)2)17-4-3-5-20(28)12-17/h3-15,25H,1-2H3. The highest BCUT2D eigenvalue weighted by Crippen LogP contribution is 2.35. The lowest BCUT2D eigenvalue weighted by Gasteiger charge is -2.19. The number of hydrogen-bond donors (Lipinski definition) is 0. The first-order valence-electron chi connectivity index (χ1n) is 10.4. The van der Waals surface area contributed by atoms with Crippen LogP contribution in [0.4, 0.5) is 0 Å². The molecule has 0 aliphatic carbocycles. The predicted octanol–water partition coefficient (Wildman–Crippen LogP) is 5.82. The number of benzene rings is 3. The Kier molecular flexibility index (Phi) is 5.52. The van der Waals surface area contributed by atoms with Crippen molar-refractivity contribution in [2.45, 2.75) is 5.92 Å². The Hall–Kier alpha value is -3.41. The fourth-order valence-electron chi connectivity index (χ4n) is 4.25. The van der Waals surface area contributed by atoms with Gasteiger partial charge in [-0.25, -0.2) is 0 Å². The first-order chi connectivity index (χ1) is 15.9. The highest BCUT2D eigenvalue weighted by molar-refractivity contribution is 6.31. The average Bonchev–Trinajstić information content (AvgIpc) is 3.23. The van der Waals surface area contributed by atoms with E-state index in [1.165, 1.54) is 0 Å². The zero-order valence-corrected chi connectivity index (χ0v) is 19.5. The van der Waals surface area contributed by atoms with Gasteiger partial charge < -0.3 is 9.13 Å². The molecule has 2 aromatic heterocycles. The molecular formula is C26H20Cl2N4O. The highest BCUT2D eigenvalue weighted by Gasteiger charge is 2.23. The van der Waals surface area contributed by atoms with Gasteiger partial charge in [-0.2, -0.15) is 0 Å². The number of aryl methyl sites for hydroxylation is 2. The molecule has 5 nitrogen and oxygen atoms in total. The van der Waals surface area contributed by atoms with Gasteiger partial charge in [0.15, 0.2) is 0 Å². The molecular weight excluding hydrogens is 455 g/mol. The van der Waals surface area contributed by atoms with Crippen molar-refractivity contribution in [1.82, 2.24) is 19.3 Å². The van der Waals surface area contributed by atoms with E-state index in [9.17, 15) is 4.79 Å². The molecule has 33 heavy (non-hydrogen) atoms. The van der Waals surface area contributed by atoms with Crippen molar-refractivity contribution in [3.8, 4) is 11.1 Å². The molecule has 7 heteroatoms. The van der Waals surface area contributed by atoms with Gasteiger partial charge in [0.1, 0.15) is 12.2 Å². The van der Waals surface area contributed by atoms with Crippen LogP contribution in [-0.4, -0.2) is 19.3 Å². The van der Waals surface area contributed by atoms with Crippen molar-refractivity contribution in [2.24, 2.45) is 14.1 Å². The smallest absolute Gasteiger partial charge is 0.251 e. The van der Waals surface area contributed by atoms with Gasteiger partial charge in [-0.05, 0) is 58.7 Å². The molecule has 0 radical (unpaired) electrons. The molecule has 5 aromatic rings. The van der Waals surface area contributed by atoms with E-state index in [1.54, 1.807) is 24.0 Å². The first-order valence-corrected chi connectivity index (χ1v) is 11.2. The molecule has 1 atom stereocenters. The molecule has 0 saturated carbocycles. The third kappa shape index (κ3) is 3.94. The second-order valence-corrected chi connectivity index (χ2v) is 8.90. The molecule has 3 aromatic carbocycles. The van der Waals surface area contributed by atoms with E-state index in [2.05, 4.69) is 16.3 Å². The number of nitrogens with zero attached hydrogens (tertiary/aromatic N) is 4. The van der Waals surface area contributed by atoms with E-state index < -0.39 is 0 Å². The molecule has 0 fully saturated rings. The summed E-state index contributed by atoms with van der Waals surface area (Å²) in [7, 11) is 3.71. The number of halogens is 2. The van der Waals surface area contributed by atoms with Gasteiger partial charge in [0.25, 0.3) is 5.56 Å². The lowest BCUT2D eigenvalue weighted by molar-refractivity contribution is 0.762. The summed E-state index contributed by atoms with van der Waals surface area (Å²) in [5.74, 6) is 0.648. The van der Waals surface area contributed by atoms with Crippen LogP contribution in [0.15, 0.2) is 83.9 Å². The normalized spacial score (nSPS) is 12.2. The third-order valence-electron chi connectivity index (χ3n) is 5.95. The summed E-state index contributed by atoms with van der Waals surface area (Å²) in [4.78, 5) is 12.7. The molecule has 0 bridgehead atoms. The quantitative estimate of drug-likeness (QED) is 0.329. The molecule has 0 saturated heterocycles. The van der Waals surface area contributed by atoms with Crippen molar-refractivity contribution < 1.29 is 0 Å². The SMILES string of the molecule is Cn1cnnc1C(c1ccc(Cl)cc1)c1ccc2c(c1)c(-c1cccc(Cl)c1)cc(=O)n2C. The van der Waals surface area contributed by atoms with Crippen LogP contribution in [-0.2, 0) is 14.1 Å². The summed E-state index contributed by atoms with van der Waals surface area (Å²) >= 11 is 12.4. The molecule has 5 rings (SSSR count). The minimum absolute atomic E-state index is 0.0761.